The number of carboxylic acid groups (broad SMARTS) is 1. The third kappa shape index (κ3) is 8.22. The van der Waals surface area contributed by atoms with Gasteiger partial charge in [0.15, 0.2) is 0 Å². The summed E-state index contributed by atoms with van der Waals surface area (Å²) in [6.45, 7) is 6.41. The molecule has 4 atom stereocenters. The number of aliphatic hydroxyl groups excluding tert-OH is 2. The number of hydrogen-bond acceptors (Lipinski definition) is 3. The lowest BCUT2D eigenvalue weighted by atomic mass is 9.80. The second-order valence-corrected chi connectivity index (χ2v) is 8.74. The van der Waals surface area contributed by atoms with E-state index in [0.29, 0.717) is 5.92 Å². The largest absolute Gasteiger partial charge is 0.481 e. The molecular weight excluding hydrogens is 328 g/mol. The van der Waals surface area contributed by atoms with Gasteiger partial charge < -0.3 is 15.3 Å². The third-order valence-corrected chi connectivity index (χ3v) is 6.03. The van der Waals surface area contributed by atoms with E-state index in [2.05, 4.69) is 26.8 Å². The van der Waals surface area contributed by atoms with Crippen molar-refractivity contribution < 1.29 is 20.1 Å². The molecule has 0 bridgehead atoms. The standard InChI is InChI=1S/C22H40O4/c1-4-5-16-22(2,3)20(24)15-13-17-12-14-19(23)18(17)10-8-6-7-9-11-21(25)26/h13,15,17-20,23-24H,4-12,14,16H2,1-3H3,(H,25,26)/t17-,18-,19+,20?/m1/s1. The zero-order chi connectivity index (χ0) is 19.6. The van der Waals surface area contributed by atoms with E-state index < -0.39 is 12.1 Å². The monoisotopic (exact) mass is 368 g/mol. The average Bonchev–Trinajstić information content (AvgIpc) is 2.93. The fourth-order valence-corrected chi connectivity index (χ4v) is 4.02. The van der Waals surface area contributed by atoms with Gasteiger partial charge in [0.05, 0.1) is 12.2 Å². The highest BCUT2D eigenvalue weighted by Crippen LogP contribution is 2.37. The van der Waals surface area contributed by atoms with Crippen LogP contribution in [0.4, 0.5) is 0 Å². The first-order valence-corrected chi connectivity index (χ1v) is 10.5. The van der Waals surface area contributed by atoms with Crippen molar-refractivity contribution in [2.24, 2.45) is 17.3 Å². The molecule has 0 spiro atoms. The Labute approximate surface area is 159 Å². The fraction of sp³-hybridized carbons (Fsp3) is 0.864. The molecular formula is C22H40O4. The van der Waals surface area contributed by atoms with Crippen LogP contribution in [0.5, 0.6) is 0 Å². The topological polar surface area (TPSA) is 77.8 Å². The molecule has 3 N–H and O–H groups in total. The van der Waals surface area contributed by atoms with E-state index in [9.17, 15) is 15.0 Å². The van der Waals surface area contributed by atoms with Gasteiger partial charge in [-0.2, -0.15) is 0 Å². The average molecular weight is 369 g/mol. The van der Waals surface area contributed by atoms with Gasteiger partial charge in [0, 0.05) is 6.42 Å². The summed E-state index contributed by atoms with van der Waals surface area (Å²) >= 11 is 0. The van der Waals surface area contributed by atoms with Crippen LogP contribution in [0.15, 0.2) is 12.2 Å². The summed E-state index contributed by atoms with van der Waals surface area (Å²) in [4.78, 5) is 10.5. The Hall–Kier alpha value is -0.870. The van der Waals surface area contributed by atoms with Crippen LogP contribution < -0.4 is 0 Å². The summed E-state index contributed by atoms with van der Waals surface area (Å²) in [5.41, 5.74) is -0.108. The maximum atomic E-state index is 10.5. The van der Waals surface area contributed by atoms with E-state index in [4.69, 9.17) is 5.11 Å². The zero-order valence-electron chi connectivity index (χ0n) is 17.0. The van der Waals surface area contributed by atoms with Crippen LogP contribution in [0, 0.1) is 17.3 Å². The molecule has 26 heavy (non-hydrogen) atoms. The predicted octanol–water partition coefficient (Wildman–Crippen LogP) is 4.93. The number of allylic oxidation sites excluding steroid dienone is 1. The van der Waals surface area contributed by atoms with Crippen molar-refractivity contribution in [1.82, 2.24) is 0 Å². The van der Waals surface area contributed by atoms with Crippen molar-refractivity contribution >= 4 is 5.97 Å². The maximum absolute atomic E-state index is 10.5. The molecule has 0 aromatic heterocycles. The quantitative estimate of drug-likeness (QED) is 0.318. The second kappa shape index (κ2) is 11.8. The lowest BCUT2D eigenvalue weighted by Crippen LogP contribution is -2.27. The van der Waals surface area contributed by atoms with Crippen LogP contribution in [-0.2, 0) is 4.79 Å². The lowest BCUT2D eigenvalue weighted by Gasteiger charge is -2.29. The van der Waals surface area contributed by atoms with E-state index >= 15 is 0 Å². The van der Waals surface area contributed by atoms with Crippen LogP contribution in [0.25, 0.3) is 0 Å². The third-order valence-electron chi connectivity index (χ3n) is 6.03. The second-order valence-electron chi connectivity index (χ2n) is 8.74. The molecule has 1 rings (SSSR count). The minimum Gasteiger partial charge on any atom is -0.481 e. The highest BCUT2D eigenvalue weighted by atomic mass is 16.4. The summed E-state index contributed by atoms with van der Waals surface area (Å²) in [6, 6.07) is 0. The predicted molar refractivity (Wildman–Crippen MR) is 106 cm³/mol. The Morgan fingerprint density at radius 3 is 2.50 bits per heavy atom. The van der Waals surface area contributed by atoms with Gasteiger partial charge in [-0.1, -0.05) is 65.0 Å². The number of rotatable bonds is 13. The Morgan fingerprint density at radius 2 is 1.85 bits per heavy atom. The van der Waals surface area contributed by atoms with E-state index in [0.717, 1.165) is 64.2 Å². The first-order valence-electron chi connectivity index (χ1n) is 10.5. The van der Waals surface area contributed by atoms with Gasteiger partial charge in [0.25, 0.3) is 0 Å². The summed E-state index contributed by atoms with van der Waals surface area (Å²) in [6.07, 6.45) is 13.5. The van der Waals surface area contributed by atoms with E-state index in [-0.39, 0.29) is 23.9 Å². The van der Waals surface area contributed by atoms with Crippen molar-refractivity contribution in [3.05, 3.63) is 12.2 Å². The molecule has 0 amide bonds. The molecule has 0 heterocycles. The molecule has 1 unspecified atom stereocenters. The van der Waals surface area contributed by atoms with Gasteiger partial charge in [-0.05, 0) is 49.4 Å². The minimum absolute atomic E-state index is 0.108. The highest BCUT2D eigenvalue weighted by Gasteiger charge is 2.33. The van der Waals surface area contributed by atoms with Gasteiger partial charge in [-0.3, -0.25) is 4.79 Å². The number of carboxylic acids is 1. The minimum atomic E-state index is -0.721. The Morgan fingerprint density at radius 1 is 1.15 bits per heavy atom. The van der Waals surface area contributed by atoms with Gasteiger partial charge in [-0.25, -0.2) is 0 Å². The Kier molecular flexibility index (Phi) is 10.5. The number of aliphatic carboxylic acids is 1. The van der Waals surface area contributed by atoms with Crippen LogP contribution in [0.2, 0.25) is 0 Å². The molecule has 1 aliphatic rings. The molecule has 1 aliphatic carbocycles. The molecule has 0 saturated heterocycles. The number of unbranched alkanes of at least 4 members (excludes halogenated alkanes) is 4. The Balaban J connectivity index is 2.43. The molecule has 152 valence electrons. The summed E-state index contributed by atoms with van der Waals surface area (Å²) < 4.78 is 0. The van der Waals surface area contributed by atoms with E-state index in [1.165, 1.54) is 0 Å². The first-order chi connectivity index (χ1) is 12.3. The van der Waals surface area contributed by atoms with Gasteiger partial charge in [0.2, 0.25) is 0 Å². The molecule has 0 radical (unpaired) electrons. The van der Waals surface area contributed by atoms with Crippen molar-refractivity contribution in [3.63, 3.8) is 0 Å². The van der Waals surface area contributed by atoms with Crippen LogP contribution in [0.1, 0.15) is 91.4 Å². The zero-order valence-corrected chi connectivity index (χ0v) is 17.0. The molecule has 1 saturated carbocycles. The van der Waals surface area contributed by atoms with Gasteiger partial charge >= 0.3 is 5.97 Å². The van der Waals surface area contributed by atoms with Crippen molar-refractivity contribution in [2.45, 2.75) is 104 Å². The molecule has 4 heteroatoms. The first kappa shape index (κ1) is 23.2. The molecule has 1 fully saturated rings. The number of aliphatic hydroxyl groups is 2. The Bertz CT molecular complexity index is 430. The van der Waals surface area contributed by atoms with E-state index in [1.807, 2.05) is 6.08 Å². The molecule has 0 aliphatic heterocycles. The lowest BCUT2D eigenvalue weighted by molar-refractivity contribution is -0.137. The summed E-state index contributed by atoms with van der Waals surface area (Å²) in [5.74, 6) is -0.0980. The van der Waals surface area contributed by atoms with Crippen LogP contribution >= 0.6 is 0 Å². The molecule has 0 aromatic rings. The van der Waals surface area contributed by atoms with Crippen LogP contribution in [0.3, 0.4) is 0 Å². The maximum Gasteiger partial charge on any atom is 0.303 e. The summed E-state index contributed by atoms with van der Waals surface area (Å²) in [7, 11) is 0. The number of carbonyl (C=O) groups is 1. The smallest absolute Gasteiger partial charge is 0.303 e. The van der Waals surface area contributed by atoms with Crippen LogP contribution in [-0.4, -0.2) is 33.5 Å². The van der Waals surface area contributed by atoms with Gasteiger partial charge in [0.1, 0.15) is 0 Å². The number of hydrogen-bond donors (Lipinski definition) is 3. The molecule has 4 nitrogen and oxygen atoms in total. The van der Waals surface area contributed by atoms with E-state index in [1.54, 1.807) is 0 Å². The summed E-state index contributed by atoms with van der Waals surface area (Å²) in [5, 5.41) is 29.5. The van der Waals surface area contributed by atoms with Crippen molar-refractivity contribution in [2.75, 3.05) is 0 Å². The van der Waals surface area contributed by atoms with Gasteiger partial charge in [-0.15, -0.1) is 0 Å². The fourth-order valence-electron chi connectivity index (χ4n) is 4.02. The highest BCUT2D eigenvalue weighted by molar-refractivity contribution is 5.66. The van der Waals surface area contributed by atoms with Crippen molar-refractivity contribution in [3.8, 4) is 0 Å². The SMILES string of the molecule is CCCCC(C)(C)C(O)C=C[C@H]1CC[C@H](O)[C@@H]1CCCCCCC(=O)O. The normalized spacial score (nSPS) is 25.0. The molecule has 0 aromatic carbocycles. The van der Waals surface area contributed by atoms with Crippen molar-refractivity contribution in [1.29, 1.82) is 0 Å².